The summed E-state index contributed by atoms with van der Waals surface area (Å²) in [6.07, 6.45) is 4.85. The molecule has 1 aromatic heterocycles. The first-order valence-corrected chi connectivity index (χ1v) is 8.18. The Labute approximate surface area is 148 Å². The Bertz CT molecular complexity index is 913. The molecule has 1 fully saturated rings. The largest absolute Gasteiger partial charge is 0.545 e. The molecule has 2 heterocycles. The summed E-state index contributed by atoms with van der Waals surface area (Å²) in [7, 11) is 0. The fraction of sp³-hybridized carbons (Fsp3) is 0.0556. The van der Waals surface area contributed by atoms with Crippen LogP contribution in [0.4, 0.5) is 4.79 Å². The van der Waals surface area contributed by atoms with E-state index in [1.54, 1.807) is 41.1 Å². The zero-order valence-electron chi connectivity index (χ0n) is 13.0. The van der Waals surface area contributed by atoms with Gasteiger partial charge in [-0.25, -0.2) is 0 Å². The average molecular weight is 353 g/mol. The Kier molecular flexibility index (Phi) is 4.58. The maximum atomic E-state index is 12.3. The van der Waals surface area contributed by atoms with Gasteiger partial charge in [-0.2, -0.15) is 0 Å². The molecule has 1 aliphatic rings. The molecule has 0 saturated carbocycles. The number of carboxylic acids is 1. The van der Waals surface area contributed by atoms with E-state index in [1.807, 2.05) is 0 Å². The smallest absolute Gasteiger partial charge is 0.293 e. The summed E-state index contributed by atoms with van der Waals surface area (Å²) in [5.41, 5.74) is 1.33. The maximum Gasteiger partial charge on any atom is 0.293 e. The van der Waals surface area contributed by atoms with E-state index in [4.69, 9.17) is 0 Å². The van der Waals surface area contributed by atoms with E-state index >= 15 is 0 Å². The summed E-state index contributed by atoms with van der Waals surface area (Å²) in [6.45, 7) is 3.70. The van der Waals surface area contributed by atoms with E-state index in [1.165, 1.54) is 18.2 Å². The lowest BCUT2D eigenvalue weighted by Crippen LogP contribution is -2.27. The number of carboxylic acid groups (broad SMARTS) is 1. The molecule has 2 amide bonds. The molecular weight excluding hydrogens is 340 g/mol. The van der Waals surface area contributed by atoms with Gasteiger partial charge in [0, 0.05) is 24.1 Å². The van der Waals surface area contributed by atoms with E-state index in [2.05, 4.69) is 6.58 Å². The first-order chi connectivity index (χ1) is 12.0. The van der Waals surface area contributed by atoms with E-state index in [9.17, 15) is 19.5 Å². The zero-order chi connectivity index (χ0) is 18.0. The Balaban J connectivity index is 1.97. The molecule has 0 spiro atoms. The third-order valence-electron chi connectivity index (χ3n) is 3.60. The zero-order valence-corrected chi connectivity index (χ0v) is 13.9. The van der Waals surface area contributed by atoms with E-state index in [-0.39, 0.29) is 23.3 Å². The highest BCUT2D eigenvalue weighted by molar-refractivity contribution is 8.18. The van der Waals surface area contributed by atoms with Crippen LogP contribution in [-0.2, 0) is 4.79 Å². The number of hydrogen-bond donors (Lipinski definition) is 0. The summed E-state index contributed by atoms with van der Waals surface area (Å²) in [4.78, 5) is 36.6. The lowest BCUT2D eigenvalue weighted by Gasteiger charge is -2.10. The quantitative estimate of drug-likeness (QED) is 0.607. The molecule has 7 heteroatoms. The molecule has 0 atom stereocenters. The highest BCUT2D eigenvalue weighted by atomic mass is 32.2. The summed E-state index contributed by atoms with van der Waals surface area (Å²) >= 11 is 0.865. The normalized spacial score (nSPS) is 15.8. The fourth-order valence-corrected chi connectivity index (χ4v) is 3.28. The van der Waals surface area contributed by atoms with Crippen LogP contribution >= 0.6 is 11.8 Å². The van der Waals surface area contributed by atoms with Gasteiger partial charge in [0.2, 0.25) is 0 Å². The number of benzene rings is 1. The minimum Gasteiger partial charge on any atom is -0.545 e. The van der Waals surface area contributed by atoms with Crippen molar-refractivity contribution in [3.63, 3.8) is 0 Å². The van der Waals surface area contributed by atoms with Crippen molar-refractivity contribution >= 4 is 35.0 Å². The lowest BCUT2D eigenvalue weighted by molar-refractivity contribution is -0.255. The number of aromatic nitrogens is 1. The first-order valence-electron chi connectivity index (χ1n) is 7.36. The number of aromatic carboxylic acids is 1. The number of amides is 2. The van der Waals surface area contributed by atoms with Gasteiger partial charge in [0.15, 0.2) is 0 Å². The van der Waals surface area contributed by atoms with Gasteiger partial charge < -0.3 is 14.5 Å². The third kappa shape index (κ3) is 3.27. The molecule has 2 aromatic rings. The number of carbonyl (C=O) groups excluding carboxylic acids is 3. The molecule has 1 aliphatic heterocycles. The van der Waals surface area contributed by atoms with Gasteiger partial charge in [-0.1, -0.05) is 18.2 Å². The molecule has 1 saturated heterocycles. The second-order valence-corrected chi connectivity index (χ2v) is 6.22. The molecule has 25 heavy (non-hydrogen) atoms. The maximum absolute atomic E-state index is 12.3. The molecule has 0 aliphatic carbocycles. The van der Waals surface area contributed by atoms with Gasteiger partial charge in [-0.15, -0.1) is 6.58 Å². The van der Waals surface area contributed by atoms with Gasteiger partial charge in [-0.3, -0.25) is 14.5 Å². The van der Waals surface area contributed by atoms with Crippen molar-refractivity contribution in [1.82, 2.24) is 9.47 Å². The molecule has 0 bridgehead atoms. The van der Waals surface area contributed by atoms with Crippen molar-refractivity contribution in [2.75, 3.05) is 6.54 Å². The van der Waals surface area contributed by atoms with Crippen LogP contribution in [0.25, 0.3) is 11.8 Å². The highest BCUT2D eigenvalue weighted by Gasteiger charge is 2.34. The summed E-state index contributed by atoms with van der Waals surface area (Å²) in [5.74, 6) is -1.63. The van der Waals surface area contributed by atoms with Crippen molar-refractivity contribution in [2.24, 2.45) is 0 Å². The Morgan fingerprint density at radius 2 is 2.04 bits per heavy atom. The number of nitrogens with zero attached hydrogens (tertiary/aromatic N) is 2. The standard InChI is InChI=1S/C18H14N2O4S/c1-2-8-20-16(21)15(25-18(20)24)11-14-7-4-9-19(14)13-6-3-5-12(10-13)17(22)23/h2-7,9-11H,1,8H2,(H,22,23)/p-1/b15-11+. The van der Waals surface area contributed by atoms with Crippen LogP contribution in [0.1, 0.15) is 16.1 Å². The first kappa shape index (κ1) is 16.8. The molecule has 6 nitrogen and oxygen atoms in total. The Hall–Kier alpha value is -3.06. The molecular formula is C18H13N2O4S-. The van der Waals surface area contributed by atoms with Crippen LogP contribution in [0.2, 0.25) is 0 Å². The predicted octanol–water partition coefficient (Wildman–Crippen LogP) is 2.06. The molecule has 1 aromatic carbocycles. The summed E-state index contributed by atoms with van der Waals surface area (Å²) < 4.78 is 1.73. The highest BCUT2D eigenvalue weighted by Crippen LogP contribution is 2.32. The third-order valence-corrected chi connectivity index (χ3v) is 4.51. The van der Waals surface area contributed by atoms with Crippen molar-refractivity contribution in [3.05, 3.63) is 71.4 Å². The van der Waals surface area contributed by atoms with Crippen molar-refractivity contribution in [3.8, 4) is 5.69 Å². The van der Waals surface area contributed by atoms with Crippen molar-refractivity contribution in [1.29, 1.82) is 0 Å². The average Bonchev–Trinajstić information content (AvgIpc) is 3.16. The van der Waals surface area contributed by atoms with Gasteiger partial charge in [-0.05, 0) is 47.7 Å². The SMILES string of the molecule is C=CCN1C(=O)S/C(=C/c2cccn2-c2cccc(C(=O)[O-])c2)C1=O. The van der Waals surface area contributed by atoms with Gasteiger partial charge in [0.05, 0.1) is 10.9 Å². The summed E-state index contributed by atoms with van der Waals surface area (Å²) in [6, 6.07) is 9.83. The van der Waals surface area contributed by atoms with Crippen molar-refractivity contribution < 1.29 is 19.5 Å². The van der Waals surface area contributed by atoms with E-state index in [0.717, 1.165) is 16.7 Å². The van der Waals surface area contributed by atoms with Gasteiger partial charge >= 0.3 is 0 Å². The lowest BCUT2D eigenvalue weighted by atomic mass is 10.2. The monoisotopic (exact) mass is 353 g/mol. The molecule has 3 rings (SSSR count). The topological polar surface area (TPSA) is 82.4 Å². The van der Waals surface area contributed by atoms with Crippen LogP contribution in [0.15, 0.2) is 60.2 Å². The number of rotatable bonds is 5. The predicted molar refractivity (Wildman–Crippen MR) is 93.0 cm³/mol. The minimum atomic E-state index is -1.26. The molecule has 0 unspecified atom stereocenters. The minimum absolute atomic E-state index is 0.0588. The van der Waals surface area contributed by atoms with E-state index < -0.39 is 5.97 Å². The van der Waals surface area contributed by atoms with Crippen LogP contribution in [0, 0.1) is 0 Å². The summed E-state index contributed by atoms with van der Waals surface area (Å²) in [5, 5.41) is 10.7. The number of carbonyl (C=O) groups is 3. The number of thioether (sulfide) groups is 1. The number of hydrogen-bond acceptors (Lipinski definition) is 5. The van der Waals surface area contributed by atoms with Gasteiger partial charge in [0.25, 0.3) is 11.1 Å². The van der Waals surface area contributed by atoms with Gasteiger partial charge in [0.1, 0.15) is 0 Å². The second-order valence-electron chi connectivity index (χ2n) is 5.22. The van der Waals surface area contributed by atoms with Crippen LogP contribution in [0.3, 0.4) is 0 Å². The number of imide groups is 1. The fourth-order valence-electron chi connectivity index (χ4n) is 2.45. The van der Waals surface area contributed by atoms with Crippen LogP contribution in [0.5, 0.6) is 0 Å². The second kappa shape index (κ2) is 6.82. The van der Waals surface area contributed by atoms with Crippen molar-refractivity contribution in [2.45, 2.75) is 0 Å². The Morgan fingerprint density at radius 3 is 2.76 bits per heavy atom. The Morgan fingerprint density at radius 1 is 1.24 bits per heavy atom. The molecule has 126 valence electrons. The van der Waals surface area contributed by atoms with Crippen LogP contribution in [-0.4, -0.2) is 33.1 Å². The molecule has 0 N–H and O–H groups in total. The van der Waals surface area contributed by atoms with E-state index in [0.29, 0.717) is 16.3 Å². The molecule has 0 radical (unpaired) electrons. The van der Waals surface area contributed by atoms with Crippen LogP contribution < -0.4 is 5.11 Å².